The number of carbonyl (C=O) groups excluding carboxylic acids is 2. The molecule has 0 aliphatic carbocycles. The maximum atomic E-state index is 12.4. The lowest BCUT2D eigenvalue weighted by atomic mass is 9.98. The van der Waals surface area contributed by atoms with Crippen LogP contribution in [-0.2, 0) is 4.79 Å². The standard InChI is InChI=1S/C13H17ClN2O2S/c1-8(12(17)10-5-6-11(14)19-10)16-7-3-2-4-9(16)13(15)18/h5-6,8-9H,2-4,7H2,1H3,(H2,15,18). The molecule has 0 aromatic carbocycles. The van der Waals surface area contributed by atoms with E-state index in [1.165, 1.54) is 11.3 Å². The number of nitrogens with two attached hydrogens (primary N) is 1. The van der Waals surface area contributed by atoms with E-state index in [1.807, 2.05) is 11.8 Å². The van der Waals surface area contributed by atoms with E-state index in [1.54, 1.807) is 12.1 Å². The van der Waals surface area contributed by atoms with Crippen LogP contribution in [-0.4, -0.2) is 35.2 Å². The zero-order valence-electron chi connectivity index (χ0n) is 10.8. The Morgan fingerprint density at radius 1 is 1.47 bits per heavy atom. The predicted molar refractivity (Wildman–Crippen MR) is 76.7 cm³/mol. The van der Waals surface area contributed by atoms with E-state index in [2.05, 4.69) is 0 Å². The molecule has 2 heterocycles. The molecule has 104 valence electrons. The average molecular weight is 301 g/mol. The summed E-state index contributed by atoms with van der Waals surface area (Å²) in [7, 11) is 0. The number of hydrogen-bond acceptors (Lipinski definition) is 4. The Labute approximate surface area is 121 Å². The minimum Gasteiger partial charge on any atom is -0.368 e. The first-order chi connectivity index (χ1) is 9.00. The Balaban J connectivity index is 2.15. The van der Waals surface area contributed by atoms with Gasteiger partial charge < -0.3 is 5.73 Å². The predicted octanol–water partition coefficient (Wildman–Crippen LogP) is 2.31. The molecule has 1 aromatic heterocycles. The highest BCUT2D eigenvalue weighted by Gasteiger charge is 2.34. The van der Waals surface area contributed by atoms with Crippen LogP contribution in [0.3, 0.4) is 0 Å². The topological polar surface area (TPSA) is 63.4 Å². The first kappa shape index (κ1) is 14.5. The minimum absolute atomic E-state index is 0.00468. The summed E-state index contributed by atoms with van der Waals surface area (Å²) >= 11 is 7.12. The number of nitrogens with zero attached hydrogens (tertiary/aromatic N) is 1. The van der Waals surface area contributed by atoms with Gasteiger partial charge in [0, 0.05) is 0 Å². The maximum Gasteiger partial charge on any atom is 0.234 e. The third kappa shape index (κ3) is 3.16. The lowest BCUT2D eigenvalue weighted by molar-refractivity contribution is -0.124. The molecule has 19 heavy (non-hydrogen) atoms. The van der Waals surface area contributed by atoms with Crippen molar-refractivity contribution in [3.05, 3.63) is 21.3 Å². The molecule has 1 amide bonds. The molecule has 1 fully saturated rings. The van der Waals surface area contributed by atoms with Gasteiger partial charge in [-0.25, -0.2) is 0 Å². The van der Waals surface area contributed by atoms with E-state index in [9.17, 15) is 9.59 Å². The van der Waals surface area contributed by atoms with Crippen LogP contribution < -0.4 is 5.73 Å². The van der Waals surface area contributed by atoms with Crippen LogP contribution in [0.2, 0.25) is 4.34 Å². The molecule has 2 atom stereocenters. The Kier molecular flexibility index (Phi) is 4.60. The van der Waals surface area contributed by atoms with Crippen molar-refractivity contribution >= 4 is 34.6 Å². The van der Waals surface area contributed by atoms with Crippen molar-refractivity contribution in [1.29, 1.82) is 0 Å². The number of ketones is 1. The summed E-state index contributed by atoms with van der Waals surface area (Å²) in [5, 5.41) is 0. The number of piperidine rings is 1. The van der Waals surface area contributed by atoms with Crippen molar-refractivity contribution in [3.63, 3.8) is 0 Å². The highest BCUT2D eigenvalue weighted by molar-refractivity contribution is 7.18. The number of hydrogen-bond donors (Lipinski definition) is 1. The number of carbonyl (C=O) groups is 2. The molecule has 2 unspecified atom stereocenters. The number of likely N-dealkylation sites (tertiary alicyclic amines) is 1. The quantitative estimate of drug-likeness (QED) is 0.868. The zero-order valence-corrected chi connectivity index (χ0v) is 12.3. The van der Waals surface area contributed by atoms with E-state index >= 15 is 0 Å². The SMILES string of the molecule is CC(C(=O)c1ccc(Cl)s1)N1CCCCC1C(N)=O. The van der Waals surface area contributed by atoms with Crippen molar-refractivity contribution in [2.24, 2.45) is 5.73 Å². The Hall–Kier alpha value is -0.910. The van der Waals surface area contributed by atoms with Crippen LogP contribution in [0.15, 0.2) is 12.1 Å². The van der Waals surface area contributed by atoms with Crippen LogP contribution >= 0.6 is 22.9 Å². The van der Waals surface area contributed by atoms with Crippen molar-refractivity contribution in [3.8, 4) is 0 Å². The van der Waals surface area contributed by atoms with Gasteiger partial charge in [0.05, 0.1) is 21.3 Å². The van der Waals surface area contributed by atoms with Gasteiger partial charge >= 0.3 is 0 Å². The average Bonchev–Trinajstić information content (AvgIpc) is 2.83. The number of Topliss-reactive ketones (excluding diaryl/α,β-unsaturated/α-hetero) is 1. The molecule has 0 bridgehead atoms. The Morgan fingerprint density at radius 2 is 2.21 bits per heavy atom. The highest BCUT2D eigenvalue weighted by atomic mass is 35.5. The van der Waals surface area contributed by atoms with Gasteiger partial charge in [0.25, 0.3) is 0 Å². The van der Waals surface area contributed by atoms with Gasteiger partial charge in [-0.1, -0.05) is 18.0 Å². The van der Waals surface area contributed by atoms with Crippen molar-refractivity contribution in [2.45, 2.75) is 38.3 Å². The van der Waals surface area contributed by atoms with Gasteiger partial charge in [0.1, 0.15) is 0 Å². The summed E-state index contributed by atoms with van der Waals surface area (Å²) in [6.07, 6.45) is 2.71. The molecular formula is C13H17ClN2O2S. The fraction of sp³-hybridized carbons (Fsp3) is 0.538. The van der Waals surface area contributed by atoms with Gasteiger partial charge in [0.15, 0.2) is 5.78 Å². The molecular weight excluding hydrogens is 284 g/mol. The third-order valence-corrected chi connectivity index (χ3v) is 4.81. The lowest BCUT2D eigenvalue weighted by Crippen LogP contribution is -2.53. The molecule has 1 aliphatic heterocycles. The van der Waals surface area contributed by atoms with Crippen LogP contribution in [0.25, 0.3) is 0 Å². The lowest BCUT2D eigenvalue weighted by Gasteiger charge is -2.37. The van der Waals surface area contributed by atoms with E-state index in [0.29, 0.717) is 9.21 Å². The van der Waals surface area contributed by atoms with Crippen LogP contribution in [0.1, 0.15) is 35.9 Å². The van der Waals surface area contributed by atoms with Gasteiger partial charge in [-0.2, -0.15) is 0 Å². The van der Waals surface area contributed by atoms with Crippen molar-refractivity contribution in [2.75, 3.05) is 6.54 Å². The minimum atomic E-state index is -0.344. The number of rotatable bonds is 4. The second-order valence-electron chi connectivity index (χ2n) is 4.80. The summed E-state index contributed by atoms with van der Waals surface area (Å²) < 4.78 is 0.598. The summed E-state index contributed by atoms with van der Waals surface area (Å²) in [6, 6.07) is 2.78. The molecule has 0 radical (unpaired) electrons. The summed E-state index contributed by atoms with van der Waals surface area (Å²) in [4.78, 5) is 26.4. The van der Waals surface area contributed by atoms with Gasteiger partial charge in [-0.15, -0.1) is 11.3 Å². The largest absolute Gasteiger partial charge is 0.368 e. The second-order valence-corrected chi connectivity index (χ2v) is 6.51. The van der Waals surface area contributed by atoms with Crippen LogP contribution in [0.5, 0.6) is 0 Å². The molecule has 2 N–H and O–H groups in total. The summed E-state index contributed by atoms with van der Waals surface area (Å²) in [5.74, 6) is -0.339. The third-order valence-electron chi connectivity index (χ3n) is 3.57. The molecule has 1 aromatic rings. The molecule has 0 saturated carbocycles. The van der Waals surface area contributed by atoms with Gasteiger partial charge in [-0.3, -0.25) is 14.5 Å². The number of primary amides is 1. The fourth-order valence-electron chi connectivity index (χ4n) is 2.53. The maximum absolute atomic E-state index is 12.4. The molecule has 1 aliphatic rings. The molecule has 1 saturated heterocycles. The first-order valence-corrected chi connectivity index (χ1v) is 7.54. The Morgan fingerprint density at radius 3 is 2.79 bits per heavy atom. The monoisotopic (exact) mass is 300 g/mol. The van der Waals surface area contributed by atoms with Gasteiger partial charge in [-0.05, 0) is 38.4 Å². The van der Waals surface area contributed by atoms with E-state index < -0.39 is 0 Å². The number of thiophene rings is 1. The molecule has 0 spiro atoms. The fourth-order valence-corrected chi connectivity index (χ4v) is 3.59. The first-order valence-electron chi connectivity index (χ1n) is 6.35. The van der Waals surface area contributed by atoms with Crippen LogP contribution in [0, 0.1) is 0 Å². The van der Waals surface area contributed by atoms with E-state index in [4.69, 9.17) is 17.3 Å². The van der Waals surface area contributed by atoms with Gasteiger partial charge in [0.2, 0.25) is 5.91 Å². The van der Waals surface area contributed by atoms with Crippen molar-refractivity contribution in [1.82, 2.24) is 4.90 Å². The zero-order chi connectivity index (χ0) is 14.0. The smallest absolute Gasteiger partial charge is 0.234 e. The second kappa shape index (κ2) is 6.03. The van der Waals surface area contributed by atoms with E-state index in [0.717, 1.165) is 25.8 Å². The van der Waals surface area contributed by atoms with E-state index in [-0.39, 0.29) is 23.8 Å². The Bertz CT molecular complexity index is 489. The molecule has 2 rings (SSSR count). The molecule has 4 nitrogen and oxygen atoms in total. The number of amides is 1. The summed E-state index contributed by atoms with van der Waals surface area (Å²) in [5.41, 5.74) is 5.43. The summed E-state index contributed by atoms with van der Waals surface area (Å²) in [6.45, 7) is 2.57. The molecule has 6 heteroatoms. The number of halogens is 1. The van der Waals surface area contributed by atoms with Crippen LogP contribution in [0.4, 0.5) is 0 Å². The highest BCUT2D eigenvalue weighted by Crippen LogP contribution is 2.26. The van der Waals surface area contributed by atoms with Crippen molar-refractivity contribution < 1.29 is 9.59 Å². The normalized spacial score (nSPS) is 22.1.